The monoisotopic (exact) mass is 512 g/mol. The normalized spacial score (nSPS) is 13.5. The van der Waals surface area contributed by atoms with Crippen LogP contribution in [0, 0.1) is 0 Å². The quantitative estimate of drug-likeness (QED) is 0.355. The molecule has 1 heterocycles. The van der Waals surface area contributed by atoms with Gasteiger partial charge in [-0.1, -0.05) is 49.2 Å². The van der Waals surface area contributed by atoms with Crippen LogP contribution in [0.1, 0.15) is 25.0 Å². The molecule has 9 heteroatoms. The van der Waals surface area contributed by atoms with Crippen LogP contribution in [0.4, 0.5) is 0 Å². The van der Waals surface area contributed by atoms with Crippen LogP contribution < -0.4 is 9.47 Å². The number of imidazole rings is 1. The maximum Gasteiger partial charge on any atom is 0.156 e. The Hall–Kier alpha value is -1.96. The van der Waals surface area contributed by atoms with Crippen molar-refractivity contribution in [1.29, 1.82) is 0 Å². The van der Waals surface area contributed by atoms with Crippen LogP contribution in [-0.2, 0) is 12.0 Å². The van der Waals surface area contributed by atoms with Crippen molar-refractivity contribution >= 4 is 34.8 Å². The average Bonchev–Trinajstić information content (AvgIpc) is 3.30. The third-order valence-electron chi connectivity index (χ3n) is 5.32. The van der Waals surface area contributed by atoms with E-state index in [4.69, 9.17) is 44.3 Å². The molecule has 0 unspecified atom stereocenters. The molecule has 33 heavy (non-hydrogen) atoms. The second-order valence-corrected chi connectivity index (χ2v) is 9.38. The van der Waals surface area contributed by atoms with Crippen molar-refractivity contribution < 1.29 is 19.7 Å². The first-order valence-corrected chi connectivity index (χ1v) is 11.7. The minimum atomic E-state index is -0.803. The van der Waals surface area contributed by atoms with Gasteiger partial charge < -0.3 is 24.3 Å². The molecule has 0 radical (unpaired) electrons. The maximum absolute atomic E-state index is 10.1. The van der Waals surface area contributed by atoms with E-state index in [9.17, 15) is 10.2 Å². The molecule has 0 bridgehead atoms. The van der Waals surface area contributed by atoms with Gasteiger partial charge in [-0.15, -0.1) is 11.6 Å². The number of aliphatic hydroxyl groups excluding tert-OH is 2. The van der Waals surface area contributed by atoms with Crippen molar-refractivity contribution in [3.63, 3.8) is 0 Å². The van der Waals surface area contributed by atoms with Crippen LogP contribution in [0.25, 0.3) is 0 Å². The van der Waals surface area contributed by atoms with Gasteiger partial charge in [0.05, 0.1) is 28.8 Å². The highest BCUT2D eigenvalue weighted by Crippen LogP contribution is 2.40. The van der Waals surface area contributed by atoms with Crippen LogP contribution in [0.2, 0.25) is 10.0 Å². The fraction of sp³-hybridized carbons (Fsp3) is 0.375. The molecule has 2 aromatic carbocycles. The molecule has 178 valence electrons. The molecule has 2 atom stereocenters. The maximum atomic E-state index is 10.1. The van der Waals surface area contributed by atoms with Crippen LogP contribution in [0.5, 0.6) is 11.5 Å². The van der Waals surface area contributed by atoms with Crippen molar-refractivity contribution in [1.82, 2.24) is 9.55 Å². The highest BCUT2D eigenvalue weighted by molar-refractivity contribution is 6.37. The summed E-state index contributed by atoms with van der Waals surface area (Å²) in [6.07, 6.45) is 3.66. The number of aliphatic hydroxyl groups is 2. The predicted octanol–water partition coefficient (Wildman–Crippen LogP) is 4.93. The Bertz CT molecular complexity index is 1000. The molecular formula is C24H27Cl3N2O4. The number of hydrogen-bond acceptors (Lipinski definition) is 5. The van der Waals surface area contributed by atoms with Crippen molar-refractivity contribution in [2.75, 3.05) is 19.1 Å². The number of ether oxygens (including phenoxy) is 2. The molecule has 0 amide bonds. The zero-order valence-electron chi connectivity index (χ0n) is 18.4. The third kappa shape index (κ3) is 6.78. The second kappa shape index (κ2) is 11.4. The van der Waals surface area contributed by atoms with Crippen molar-refractivity contribution in [3.05, 3.63) is 76.3 Å². The Kier molecular flexibility index (Phi) is 8.90. The Balaban J connectivity index is 1.67. The Morgan fingerprint density at radius 3 is 2.18 bits per heavy atom. The number of benzene rings is 2. The summed E-state index contributed by atoms with van der Waals surface area (Å²) in [6, 6.07) is 11.3. The summed E-state index contributed by atoms with van der Waals surface area (Å²) in [5, 5.41) is 20.5. The summed E-state index contributed by atoms with van der Waals surface area (Å²) in [7, 11) is 0. The molecule has 3 aromatic rings. The lowest BCUT2D eigenvalue weighted by Crippen LogP contribution is -2.23. The fourth-order valence-corrected chi connectivity index (χ4v) is 3.99. The number of halogens is 3. The zero-order valence-corrected chi connectivity index (χ0v) is 20.7. The van der Waals surface area contributed by atoms with Gasteiger partial charge in [-0.25, -0.2) is 4.98 Å². The van der Waals surface area contributed by atoms with E-state index >= 15 is 0 Å². The van der Waals surface area contributed by atoms with E-state index in [0.29, 0.717) is 28.1 Å². The van der Waals surface area contributed by atoms with Gasteiger partial charge in [-0.05, 0) is 35.4 Å². The van der Waals surface area contributed by atoms with Gasteiger partial charge >= 0.3 is 0 Å². The minimum absolute atomic E-state index is 0.00413. The van der Waals surface area contributed by atoms with Crippen LogP contribution in [0.3, 0.4) is 0 Å². The second-order valence-electron chi connectivity index (χ2n) is 8.26. The molecule has 0 fully saturated rings. The molecule has 0 saturated heterocycles. The van der Waals surface area contributed by atoms with E-state index in [2.05, 4.69) is 18.8 Å². The van der Waals surface area contributed by atoms with Crippen LogP contribution in [0.15, 0.2) is 55.1 Å². The Morgan fingerprint density at radius 1 is 0.970 bits per heavy atom. The molecule has 0 aliphatic carbocycles. The van der Waals surface area contributed by atoms with Crippen LogP contribution >= 0.6 is 34.8 Å². The van der Waals surface area contributed by atoms with Gasteiger partial charge in [0, 0.05) is 17.8 Å². The largest absolute Gasteiger partial charge is 0.491 e. The highest BCUT2D eigenvalue weighted by atomic mass is 35.5. The third-order valence-corrected chi connectivity index (χ3v) is 6.24. The number of alkyl halides is 1. The van der Waals surface area contributed by atoms with E-state index < -0.39 is 17.6 Å². The summed E-state index contributed by atoms with van der Waals surface area (Å²) in [4.78, 5) is 3.96. The summed E-state index contributed by atoms with van der Waals surface area (Å²) < 4.78 is 13.1. The number of aromatic nitrogens is 2. The molecule has 2 N–H and O–H groups in total. The lowest BCUT2D eigenvalue weighted by Gasteiger charge is -2.27. The van der Waals surface area contributed by atoms with Crippen LogP contribution in [-0.4, -0.2) is 51.1 Å². The first-order valence-electron chi connectivity index (χ1n) is 10.4. The fourth-order valence-electron chi connectivity index (χ4n) is 3.30. The van der Waals surface area contributed by atoms with Gasteiger partial charge in [0.2, 0.25) is 0 Å². The number of nitrogens with zero attached hydrogens (tertiary/aromatic N) is 2. The standard InChI is InChI=1S/C24H27Cl3N2O4/c1-24(2,17-9-21(26)23(22(27)10-17)33-13-18(30)11-25)16-3-5-20(6-4-16)32-14-19(31)12-29-8-7-28-15-29/h3-10,15,18-19,30-31H,11-14H2,1-2H3/t18-,19-/m0/s1. The SMILES string of the molecule is CC(C)(c1ccc(OC[C@@H](O)Cn2ccnc2)cc1)c1cc(Cl)c(OC[C@@H](O)CCl)c(Cl)c1. The molecule has 0 aliphatic rings. The van der Waals surface area contributed by atoms with Gasteiger partial charge in [0.25, 0.3) is 0 Å². The zero-order chi connectivity index (χ0) is 24.0. The summed E-state index contributed by atoms with van der Waals surface area (Å²) in [5.74, 6) is 1.04. The van der Waals surface area contributed by atoms with Crippen molar-refractivity contribution in [3.8, 4) is 11.5 Å². The minimum Gasteiger partial charge on any atom is -0.491 e. The number of hydrogen-bond donors (Lipinski definition) is 2. The van der Waals surface area contributed by atoms with Gasteiger partial charge in [-0.2, -0.15) is 0 Å². The van der Waals surface area contributed by atoms with E-state index in [1.165, 1.54) is 0 Å². The molecule has 6 nitrogen and oxygen atoms in total. The topological polar surface area (TPSA) is 76.7 Å². The summed E-state index contributed by atoms with van der Waals surface area (Å²) in [6.45, 7) is 4.72. The molecule has 0 spiro atoms. The van der Waals surface area contributed by atoms with Gasteiger partial charge in [0.1, 0.15) is 31.2 Å². The Labute approximate surface area is 208 Å². The average molecular weight is 514 g/mol. The molecule has 0 aliphatic heterocycles. The van der Waals surface area contributed by atoms with Crippen molar-refractivity contribution in [2.45, 2.75) is 38.0 Å². The van der Waals surface area contributed by atoms with Gasteiger partial charge in [0.15, 0.2) is 5.75 Å². The van der Waals surface area contributed by atoms with E-state index in [1.807, 2.05) is 36.4 Å². The lowest BCUT2D eigenvalue weighted by atomic mass is 9.78. The number of rotatable bonds is 11. The van der Waals surface area contributed by atoms with Crippen molar-refractivity contribution in [2.24, 2.45) is 0 Å². The molecule has 0 saturated carbocycles. The smallest absolute Gasteiger partial charge is 0.156 e. The van der Waals surface area contributed by atoms with E-state index in [1.54, 1.807) is 23.3 Å². The first kappa shape index (κ1) is 25.7. The first-order chi connectivity index (χ1) is 15.7. The Morgan fingerprint density at radius 2 is 1.61 bits per heavy atom. The summed E-state index contributed by atoms with van der Waals surface area (Å²) >= 11 is 18.5. The summed E-state index contributed by atoms with van der Waals surface area (Å²) in [5.41, 5.74) is 1.54. The predicted molar refractivity (Wildman–Crippen MR) is 131 cm³/mol. The lowest BCUT2D eigenvalue weighted by molar-refractivity contribution is 0.0924. The van der Waals surface area contributed by atoms with Gasteiger partial charge in [-0.3, -0.25) is 0 Å². The molecular weight excluding hydrogens is 487 g/mol. The highest BCUT2D eigenvalue weighted by Gasteiger charge is 2.26. The molecule has 1 aromatic heterocycles. The molecule has 3 rings (SSSR count). The van der Waals surface area contributed by atoms with E-state index in [0.717, 1.165) is 11.1 Å². The van der Waals surface area contributed by atoms with E-state index in [-0.39, 0.29) is 19.1 Å².